The molecule has 4 rings (SSSR count). The molecule has 0 fully saturated rings. The Morgan fingerprint density at radius 3 is 2.34 bits per heavy atom. The Morgan fingerprint density at radius 1 is 1.00 bits per heavy atom. The molecule has 0 radical (unpaired) electrons. The lowest BCUT2D eigenvalue weighted by atomic mass is 10.0. The van der Waals surface area contributed by atoms with E-state index in [1.54, 1.807) is 24.0 Å². The van der Waals surface area contributed by atoms with Gasteiger partial charge in [-0.3, -0.25) is 9.59 Å². The minimum absolute atomic E-state index is 0.252. The van der Waals surface area contributed by atoms with Crippen molar-refractivity contribution in [2.45, 2.75) is 19.8 Å². The van der Waals surface area contributed by atoms with Crippen molar-refractivity contribution in [1.29, 1.82) is 0 Å². The molecule has 0 saturated heterocycles. The van der Waals surface area contributed by atoms with Gasteiger partial charge in [0.15, 0.2) is 0 Å². The van der Waals surface area contributed by atoms with E-state index >= 15 is 0 Å². The van der Waals surface area contributed by atoms with Crippen molar-refractivity contribution in [2.75, 3.05) is 5.32 Å². The second-order valence-electron chi connectivity index (χ2n) is 7.38. The summed E-state index contributed by atoms with van der Waals surface area (Å²) in [6.07, 6.45) is 3.38. The van der Waals surface area contributed by atoms with Gasteiger partial charge >= 0.3 is 0 Å². The van der Waals surface area contributed by atoms with E-state index in [-0.39, 0.29) is 11.5 Å². The van der Waals surface area contributed by atoms with E-state index in [9.17, 15) is 9.59 Å². The fourth-order valence-electron chi connectivity index (χ4n) is 3.30. The normalized spacial score (nSPS) is 11.2. The third-order valence-corrected chi connectivity index (χ3v) is 4.88. The van der Waals surface area contributed by atoms with Crippen LogP contribution < -0.4 is 10.9 Å². The standard InChI is InChI=1S/C23H22N4O2/c1-15(2)16-9-11-17(12-10-16)24-22(28)19-13-26(3)14-20-21(19)25-27(23(20)29)18-7-5-4-6-8-18/h4-15H,1-3H3,(H,24,28). The van der Waals surface area contributed by atoms with Gasteiger partial charge in [0.2, 0.25) is 0 Å². The van der Waals surface area contributed by atoms with Crippen LogP contribution in [0.1, 0.15) is 35.7 Å². The van der Waals surface area contributed by atoms with Crippen LogP contribution in [0.25, 0.3) is 16.9 Å². The maximum atomic E-state index is 13.0. The second kappa shape index (κ2) is 7.39. The van der Waals surface area contributed by atoms with Gasteiger partial charge in [0.1, 0.15) is 5.69 Å². The van der Waals surface area contributed by atoms with Crippen LogP contribution in [0, 0.1) is 0 Å². The Hall–Kier alpha value is -3.67. The highest BCUT2D eigenvalue weighted by Crippen LogP contribution is 2.23. The first-order valence-corrected chi connectivity index (χ1v) is 9.50. The molecule has 2 heterocycles. The highest BCUT2D eigenvalue weighted by Gasteiger charge is 2.24. The van der Waals surface area contributed by atoms with Crippen LogP contribution in [-0.4, -0.2) is 20.3 Å². The van der Waals surface area contributed by atoms with Crippen molar-refractivity contribution < 1.29 is 4.79 Å². The molecular formula is C23H22N4O2. The fraction of sp³-hybridized carbons (Fsp3) is 0.174. The van der Waals surface area contributed by atoms with Crippen LogP contribution in [-0.2, 0) is 7.05 Å². The van der Waals surface area contributed by atoms with E-state index < -0.39 is 0 Å². The maximum absolute atomic E-state index is 13.0. The van der Waals surface area contributed by atoms with E-state index in [1.165, 1.54) is 10.2 Å². The van der Waals surface area contributed by atoms with Gasteiger partial charge in [0.05, 0.1) is 16.8 Å². The molecule has 29 heavy (non-hydrogen) atoms. The first kappa shape index (κ1) is 18.7. The van der Waals surface area contributed by atoms with Gasteiger partial charge in [-0.15, -0.1) is 0 Å². The van der Waals surface area contributed by atoms with E-state index in [0.29, 0.717) is 34.1 Å². The Labute approximate surface area is 168 Å². The third kappa shape index (κ3) is 3.57. The van der Waals surface area contributed by atoms with Gasteiger partial charge in [-0.2, -0.15) is 9.78 Å². The number of benzene rings is 2. The summed E-state index contributed by atoms with van der Waals surface area (Å²) in [7, 11) is 1.78. The van der Waals surface area contributed by atoms with E-state index in [0.717, 1.165) is 0 Å². The number of anilines is 1. The van der Waals surface area contributed by atoms with Crippen LogP contribution in [0.4, 0.5) is 5.69 Å². The van der Waals surface area contributed by atoms with Crippen molar-refractivity contribution in [3.63, 3.8) is 0 Å². The molecule has 1 amide bonds. The summed E-state index contributed by atoms with van der Waals surface area (Å²) >= 11 is 0. The molecule has 0 spiro atoms. The summed E-state index contributed by atoms with van der Waals surface area (Å²) in [5, 5.41) is 7.36. The lowest BCUT2D eigenvalue weighted by Gasteiger charge is -2.11. The predicted octanol–water partition coefficient (Wildman–Crippen LogP) is 4.05. The molecule has 1 N–H and O–H groups in total. The zero-order chi connectivity index (χ0) is 20.5. The molecule has 0 saturated carbocycles. The summed E-state index contributed by atoms with van der Waals surface area (Å²) < 4.78 is 3.04. The van der Waals surface area contributed by atoms with E-state index in [4.69, 9.17) is 0 Å². The molecule has 0 bridgehead atoms. The largest absolute Gasteiger partial charge is 0.356 e. The maximum Gasteiger partial charge on any atom is 0.282 e. The van der Waals surface area contributed by atoms with Crippen LogP contribution in [0.5, 0.6) is 0 Å². The summed E-state index contributed by atoms with van der Waals surface area (Å²) in [6, 6.07) is 16.9. The second-order valence-corrected chi connectivity index (χ2v) is 7.38. The summed E-state index contributed by atoms with van der Waals surface area (Å²) in [5.74, 6) is 0.117. The minimum Gasteiger partial charge on any atom is -0.356 e. The first-order valence-electron chi connectivity index (χ1n) is 9.50. The van der Waals surface area contributed by atoms with Crippen LogP contribution >= 0.6 is 0 Å². The Balaban J connectivity index is 1.73. The third-order valence-electron chi connectivity index (χ3n) is 4.88. The van der Waals surface area contributed by atoms with E-state index in [1.807, 2.05) is 54.6 Å². The molecule has 0 aromatic heterocycles. The minimum atomic E-state index is -0.304. The number of nitrogens with one attached hydrogen (secondary N) is 1. The van der Waals surface area contributed by atoms with Gasteiger partial charge in [-0.1, -0.05) is 44.2 Å². The number of carbonyl (C=O) groups is 1. The zero-order valence-corrected chi connectivity index (χ0v) is 16.6. The number of nitrogens with zero attached hydrogens (tertiary/aromatic N) is 3. The molecular weight excluding hydrogens is 364 g/mol. The number of aryl methyl sites for hydroxylation is 1. The smallest absolute Gasteiger partial charge is 0.282 e. The van der Waals surface area contributed by atoms with E-state index in [2.05, 4.69) is 24.3 Å². The van der Waals surface area contributed by atoms with Crippen molar-refractivity contribution in [2.24, 2.45) is 7.05 Å². The molecule has 2 aromatic carbocycles. The number of fused-ring (bicyclic) bond motifs is 1. The van der Waals surface area contributed by atoms with Crippen LogP contribution in [0.2, 0.25) is 0 Å². The number of hydrogen-bond acceptors (Lipinski definition) is 3. The molecule has 0 atom stereocenters. The number of aromatic nitrogens is 3. The van der Waals surface area contributed by atoms with Crippen molar-refractivity contribution in [1.82, 2.24) is 14.3 Å². The molecule has 146 valence electrons. The number of pyridine rings is 1. The summed E-state index contributed by atoms with van der Waals surface area (Å²) in [4.78, 5) is 25.9. The average Bonchev–Trinajstić information content (AvgIpc) is 3.05. The van der Waals surface area contributed by atoms with Gasteiger partial charge in [0, 0.05) is 25.1 Å². The first-order chi connectivity index (χ1) is 13.9. The lowest BCUT2D eigenvalue weighted by Crippen LogP contribution is -2.17. The molecule has 2 aliphatic heterocycles. The average molecular weight is 386 g/mol. The van der Waals surface area contributed by atoms with Crippen LogP contribution in [0.3, 0.4) is 0 Å². The molecule has 2 aromatic rings. The monoisotopic (exact) mass is 386 g/mol. The highest BCUT2D eigenvalue weighted by molar-refractivity contribution is 6.08. The van der Waals surface area contributed by atoms with Crippen molar-refractivity contribution in [3.05, 3.63) is 88.5 Å². The zero-order valence-electron chi connectivity index (χ0n) is 16.6. The molecule has 6 heteroatoms. The van der Waals surface area contributed by atoms with Crippen molar-refractivity contribution in [3.8, 4) is 16.9 Å². The van der Waals surface area contributed by atoms with Crippen LogP contribution in [0.15, 0.2) is 71.8 Å². The number of rotatable bonds is 4. The Bertz CT molecular complexity index is 1190. The highest BCUT2D eigenvalue weighted by atomic mass is 16.2. The van der Waals surface area contributed by atoms with Gasteiger partial charge in [-0.25, -0.2) is 0 Å². The predicted molar refractivity (Wildman–Crippen MR) is 114 cm³/mol. The summed E-state index contributed by atoms with van der Waals surface area (Å²) in [5.41, 5.74) is 3.44. The molecule has 0 unspecified atom stereocenters. The SMILES string of the molecule is CC(C)c1ccc(NC(=O)c2cn(C)cc3c(=O)n(-c4ccccc4)nc2-3)cc1. The topological polar surface area (TPSA) is 68.9 Å². The van der Waals surface area contributed by atoms with Gasteiger partial charge < -0.3 is 9.88 Å². The molecule has 2 aliphatic rings. The Kier molecular flexibility index (Phi) is 4.76. The lowest BCUT2D eigenvalue weighted by molar-refractivity contribution is 0.102. The van der Waals surface area contributed by atoms with Gasteiger partial charge in [-0.05, 0) is 35.7 Å². The van der Waals surface area contributed by atoms with Gasteiger partial charge in [0.25, 0.3) is 11.5 Å². The summed E-state index contributed by atoms with van der Waals surface area (Å²) in [6.45, 7) is 4.25. The number of hydrogen-bond donors (Lipinski definition) is 1. The fourth-order valence-corrected chi connectivity index (χ4v) is 3.30. The Morgan fingerprint density at radius 2 is 1.69 bits per heavy atom. The molecule has 0 aliphatic carbocycles. The molecule has 6 nitrogen and oxygen atoms in total. The number of para-hydroxylation sites is 1. The number of carbonyl (C=O) groups excluding carboxylic acids is 1. The van der Waals surface area contributed by atoms with Crippen molar-refractivity contribution >= 4 is 11.6 Å². The number of amides is 1. The quantitative estimate of drug-likeness (QED) is 0.575.